The van der Waals surface area contributed by atoms with E-state index in [1.54, 1.807) is 6.92 Å². The Hall–Kier alpha value is -0.880. The lowest BCUT2D eigenvalue weighted by atomic mass is 9.91. The van der Waals surface area contributed by atoms with Crippen LogP contribution in [0.15, 0.2) is 12.1 Å². The third-order valence-corrected chi connectivity index (χ3v) is 4.66. The van der Waals surface area contributed by atoms with Gasteiger partial charge in [0, 0.05) is 23.8 Å². The first-order chi connectivity index (χ1) is 10.4. The van der Waals surface area contributed by atoms with Crippen LogP contribution in [0.5, 0.6) is 0 Å². The van der Waals surface area contributed by atoms with Gasteiger partial charge in [-0.05, 0) is 37.8 Å². The maximum Gasteiger partial charge on any atom is 0.237 e. The van der Waals surface area contributed by atoms with Gasteiger partial charge in [-0.15, -0.1) is 0 Å². The molecule has 0 saturated carbocycles. The molecular weight excluding hydrogens is 330 g/mol. The normalized spacial score (nSPS) is 18.8. The van der Waals surface area contributed by atoms with Gasteiger partial charge in [-0.25, -0.2) is 4.39 Å². The molecule has 4 nitrogen and oxygen atoms in total. The Morgan fingerprint density at radius 3 is 2.68 bits per heavy atom. The molecule has 3 N–H and O–H groups in total. The molecule has 0 unspecified atom stereocenters. The lowest BCUT2D eigenvalue weighted by molar-refractivity contribution is -0.125. The van der Waals surface area contributed by atoms with Crippen LogP contribution in [0.25, 0.3) is 0 Å². The van der Waals surface area contributed by atoms with Crippen molar-refractivity contribution in [2.24, 2.45) is 11.7 Å². The monoisotopic (exact) mass is 348 g/mol. The van der Waals surface area contributed by atoms with Gasteiger partial charge >= 0.3 is 0 Å². The van der Waals surface area contributed by atoms with E-state index in [9.17, 15) is 9.18 Å². The van der Waals surface area contributed by atoms with Crippen molar-refractivity contribution in [3.63, 3.8) is 0 Å². The number of nitrogens with one attached hydrogen (secondary N) is 1. The minimum absolute atomic E-state index is 0.0828. The van der Waals surface area contributed by atoms with Crippen molar-refractivity contribution in [3.05, 3.63) is 33.6 Å². The minimum atomic E-state index is -0.627. The Labute approximate surface area is 139 Å². The molecular formula is C15H19Cl2FN2O2. The largest absolute Gasteiger partial charge is 0.381 e. The summed E-state index contributed by atoms with van der Waals surface area (Å²) in [6.07, 6.45) is 1.51. The molecule has 1 aliphatic rings. The molecule has 1 fully saturated rings. The molecule has 1 aromatic carbocycles. The SMILES string of the molecule is C[C@H](NC(=O)[C@@H](N)C1CCOCC1)c1c(Cl)ccc(F)c1Cl. The quantitative estimate of drug-likeness (QED) is 0.822. The van der Waals surface area contributed by atoms with Crippen LogP contribution in [-0.2, 0) is 9.53 Å². The highest BCUT2D eigenvalue weighted by atomic mass is 35.5. The zero-order valence-electron chi connectivity index (χ0n) is 12.2. The fraction of sp³-hybridized carbons (Fsp3) is 0.533. The van der Waals surface area contributed by atoms with E-state index >= 15 is 0 Å². The number of amides is 1. The van der Waals surface area contributed by atoms with Gasteiger partial charge in [0.05, 0.1) is 17.1 Å². The third-order valence-electron chi connectivity index (χ3n) is 3.95. The molecule has 7 heteroatoms. The van der Waals surface area contributed by atoms with Crippen LogP contribution < -0.4 is 11.1 Å². The number of rotatable bonds is 4. The van der Waals surface area contributed by atoms with Gasteiger partial charge in [0.25, 0.3) is 0 Å². The topological polar surface area (TPSA) is 64.4 Å². The average molecular weight is 349 g/mol. The molecule has 1 saturated heterocycles. The zero-order chi connectivity index (χ0) is 16.3. The van der Waals surface area contributed by atoms with E-state index in [-0.39, 0.29) is 16.8 Å². The Bertz CT molecular complexity index is 551. The smallest absolute Gasteiger partial charge is 0.237 e. The first kappa shape index (κ1) is 17.5. The fourth-order valence-electron chi connectivity index (χ4n) is 2.61. The summed E-state index contributed by atoms with van der Waals surface area (Å²) in [5.41, 5.74) is 6.37. The summed E-state index contributed by atoms with van der Waals surface area (Å²) in [6, 6.07) is 1.45. The zero-order valence-corrected chi connectivity index (χ0v) is 13.8. The molecule has 0 bridgehead atoms. The maximum absolute atomic E-state index is 13.6. The van der Waals surface area contributed by atoms with E-state index in [1.807, 2.05) is 0 Å². The maximum atomic E-state index is 13.6. The van der Waals surface area contributed by atoms with Gasteiger partial charge in [0.15, 0.2) is 0 Å². The lowest BCUT2D eigenvalue weighted by Crippen LogP contribution is -2.47. The first-order valence-electron chi connectivity index (χ1n) is 7.19. The van der Waals surface area contributed by atoms with Gasteiger partial charge in [0.2, 0.25) is 5.91 Å². The number of benzene rings is 1. The summed E-state index contributed by atoms with van der Waals surface area (Å²) in [4.78, 5) is 12.3. The molecule has 2 atom stereocenters. The van der Waals surface area contributed by atoms with E-state index in [0.717, 1.165) is 12.8 Å². The number of halogens is 3. The molecule has 22 heavy (non-hydrogen) atoms. The van der Waals surface area contributed by atoms with Crippen molar-refractivity contribution in [2.45, 2.75) is 31.8 Å². The van der Waals surface area contributed by atoms with Gasteiger partial charge in [0.1, 0.15) is 5.82 Å². The second kappa shape index (κ2) is 7.59. The van der Waals surface area contributed by atoms with Gasteiger partial charge in [-0.1, -0.05) is 23.2 Å². The second-order valence-corrected chi connectivity index (χ2v) is 6.25. The molecule has 1 amide bonds. The standard InChI is InChI=1S/C15H19Cl2FN2O2/c1-8(12-10(16)2-3-11(18)13(12)17)20-15(21)14(19)9-4-6-22-7-5-9/h2-3,8-9,14H,4-7,19H2,1H3,(H,20,21)/t8-,14-/m0/s1. The molecule has 2 rings (SSSR count). The van der Waals surface area contributed by atoms with Crippen LogP contribution in [0.1, 0.15) is 31.4 Å². The van der Waals surface area contributed by atoms with Crippen molar-refractivity contribution in [3.8, 4) is 0 Å². The summed E-state index contributed by atoms with van der Waals surface area (Å²) < 4.78 is 18.8. The van der Waals surface area contributed by atoms with Crippen LogP contribution in [0.3, 0.4) is 0 Å². The van der Waals surface area contributed by atoms with Crippen LogP contribution in [-0.4, -0.2) is 25.2 Å². The Balaban J connectivity index is 2.06. The molecule has 1 aliphatic heterocycles. The Morgan fingerprint density at radius 1 is 1.41 bits per heavy atom. The number of ether oxygens (including phenoxy) is 1. The van der Waals surface area contributed by atoms with E-state index in [0.29, 0.717) is 23.8 Å². The third kappa shape index (κ3) is 3.90. The summed E-state index contributed by atoms with van der Waals surface area (Å²) in [6.45, 7) is 2.92. The highest BCUT2D eigenvalue weighted by molar-refractivity contribution is 6.36. The molecule has 0 radical (unpaired) electrons. The van der Waals surface area contributed by atoms with Crippen molar-refractivity contribution in [1.29, 1.82) is 0 Å². The Kier molecular flexibility index (Phi) is 6.03. The minimum Gasteiger partial charge on any atom is -0.381 e. The van der Waals surface area contributed by atoms with Gasteiger partial charge < -0.3 is 15.8 Å². The van der Waals surface area contributed by atoms with Crippen LogP contribution >= 0.6 is 23.2 Å². The lowest BCUT2D eigenvalue weighted by Gasteiger charge is -2.28. The Morgan fingerprint density at radius 2 is 2.05 bits per heavy atom. The number of nitrogens with two attached hydrogens (primary N) is 1. The average Bonchev–Trinajstić information content (AvgIpc) is 2.51. The summed E-state index contributed by atoms with van der Waals surface area (Å²) in [5.74, 6) is -0.786. The predicted octanol–water partition coefficient (Wildman–Crippen LogP) is 3.06. The molecule has 0 aliphatic carbocycles. The number of carbonyl (C=O) groups is 1. The van der Waals surface area contributed by atoms with Crippen molar-refractivity contribution in [1.82, 2.24) is 5.32 Å². The van der Waals surface area contributed by atoms with Crippen molar-refractivity contribution in [2.75, 3.05) is 13.2 Å². The van der Waals surface area contributed by atoms with Gasteiger partial charge in [-0.3, -0.25) is 4.79 Å². The molecule has 1 aromatic rings. The fourth-order valence-corrected chi connectivity index (χ4v) is 3.31. The second-order valence-electron chi connectivity index (χ2n) is 5.46. The van der Waals surface area contributed by atoms with Crippen LogP contribution in [0.2, 0.25) is 10.0 Å². The molecule has 122 valence electrons. The van der Waals surface area contributed by atoms with E-state index in [1.165, 1.54) is 12.1 Å². The van der Waals surface area contributed by atoms with Crippen molar-refractivity contribution < 1.29 is 13.9 Å². The van der Waals surface area contributed by atoms with Gasteiger partial charge in [-0.2, -0.15) is 0 Å². The molecule has 0 spiro atoms. The van der Waals surface area contributed by atoms with Crippen molar-refractivity contribution >= 4 is 29.1 Å². The van der Waals surface area contributed by atoms with E-state index < -0.39 is 17.9 Å². The first-order valence-corrected chi connectivity index (χ1v) is 7.94. The summed E-state index contributed by atoms with van der Waals surface area (Å²) >= 11 is 12.0. The number of carbonyl (C=O) groups excluding carboxylic acids is 1. The summed E-state index contributed by atoms with van der Waals surface area (Å²) in [5, 5.41) is 2.98. The molecule has 0 aromatic heterocycles. The molecule has 1 heterocycles. The van der Waals surface area contributed by atoms with Crippen LogP contribution in [0.4, 0.5) is 4.39 Å². The predicted molar refractivity (Wildman–Crippen MR) is 84.5 cm³/mol. The highest BCUT2D eigenvalue weighted by Crippen LogP contribution is 2.32. The van der Waals surface area contributed by atoms with Crippen LogP contribution in [0, 0.1) is 11.7 Å². The number of hydrogen-bond acceptors (Lipinski definition) is 3. The number of hydrogen-bond donors (Lipinski definition) is 2. The highest BCUT2D eigenvalue weighted by Gasteiger charge is 2.28. The van der Waals surface area contributed by atoms with E-state index in [4.69, 9.17) is 33.7 Å². The van der Waals surface area contributed by atoms with E-state index in [2.05, 4.69) is 5.32 Å². The summed E-state index contributed by atoms with van der Waals surface area (Å²) in [7, 11) is 0.